The standard InChI is InChI=1S/C11H15N5O2/c1-4-18-11(17)10-8(2)16(14-13-10)7-9-5-12-15(3)6-9/h5-6H,4,7H2,1-3H3. The Bertz CT molecular complexity index is 558. The van der Waals surface area contributed by atoms with E-state index in [1.54, 1.807) is 29.4 Å². The van der Waals surface area contributed by atoms with Crippen LogP contribution in [-0.4, -0.2) is 37.4 Å². The fourth-order valence-electron chi connectivity index (χ4n) is 1.63. The number of hydrogen-bond donors (Lipinski definition) is 0. The molecule has 0 aliphatic carbocycles. The van der Waals surface area contributed by atoms with E-state index in [9.17, 15) is 4.79 Å². The van der Waals surface area contributed by atoms with E-state index in [4.69, 9.17) is 4.74 Å². The fourth-order valence-corrected chi connectivity index (χ4v) is 1.63. The van der Waals surface area contributed by atoms with Gasteiger partial charge >= 0.3 is 5.97 Å². The Labute approximate surface area is 104 Å². The Kier molecular flexibility index (Phi) is 3.40. The van der Waals surface area contributed by atoms with Crippen LogP contribution in [0.3, 0.4) is 0 Å². The highest BCUT2D eigenvalue weighted by molar-refractivity contribution is 5.88. The highest BCUT2D eigenvalue weighted by atomic mass is 16.5. The van der Waals surface area contributed by atoms with Crippen LogP contribution < -0.4 is 0 Å². The van der Waals surface area contributed by atoms with Crippen LogP contribution >= 0.6 is 0 Å². The van der Waals surface area contributed by atoms with Gasteiger partial charge in [0.1, 0.15) is 0 Å². The van der Waals surface area contributed by atoms with Crippen LogP contribution in [0, 0.1) is 6.92 Å². The van der Waals surface area contributed by atoms with Gasteiger partial charge in [0.05, 0.1) is 25.0 Å². The van der Waals surface area contributed by atoms with Crippen LogP contribution in [0.1, 0.15) is 28.7 Å². The van der Waals surface area contributed by atoms with Gasteiger partial charge in [-0.05, 0) is 13.8 Å². The first kappa shape index (κ1) is 12.3. The third-order valence-electron chi connectivity index (χ3n) is 2.54. The van der Waals surface area contributed by atoms with E-state index in [-0.39, 0.29) is 5.69 Å². The first-order chi connectivity index (χ1) is 8.61. The third kappa shape index (κ3) is 2.39. The molecule has 0 saturated carbocycles. The molecule has 0 spiro atoms. The van der Waals surface area contributed by atoms with Crippen molar-refractivity contribution in [2.45, 2.75) is 20.4 Å². The molecule has 96 valence electrons. The maximum absolute atomic E-state index is 11.6. The maximum Gasteiger partial charge on any atom is 0.360 e. The van der Waals surface area contributed by atoms with E-state index >= 15 is 0 Å². The van der Waals surface area contributed by atoms with Crippen molar-refractivity contribution in [3.05, 3.63) is 29.3 Å². The molecule has 0 saturated heterocycles. The van der Waals surface area contributed by atoms with Gasteiger partial charge in [-0.1, -0.05) is 5.21 Å². The molecule has 0 aliphatic heterocycles. The van der Waals surface area contributed by atoms with Crippen LogP contribution in [0.25, 0.3) is 0 Å². The van der Waals surface area contributed by atoms with Crippen LogP contribution in [0.15, 0.2) is 12.4 Å². The van der Waals surface area contributed by atoms with Crippen molar-refractivity contribution in [2.24, 2.45) is 7.05 Å². The Balaban J connectivity index is 2.18. The van der Waals surface area contributed by atoms with Gasteiger partial charge in [0.15, 0.2) is 5.69 Å². The summed E-state index contributed by atoms with van der Waals surface area (Å²) in [4.78, 5) is 11.6. The van der Waals surface area contributed by atoms with E-state index in [0.29, 0.717) is 18.8 Å². The van der Waals surface area contributed by atoms with Gasteiger partial charge in [0.25, 0.3) is 0 Å². The van der Waals surface area contributed by atoms with Crippen LogP contribution in [0.5, 0.6) is 0 Å². The Hall–Kier alpha value is -2.18. The molecule has 0 fully saturated rings. The van der Waals surface area contributed by atoms with E-state index in [0.717, 1.165) is 5.56 Å². The van der Waals surface area contributed by atoms with E-state index in [1.165, 1.54) is 0 Å². The smallest absolute Gasteiger partial charge is 0.360 e. The second-order valence-corrected chi connectivity index (χ2v) is 3.92. The molecule has 0 aromatic carbocycles. The molecule has 2 aromatic heterocycles. The van der Waals surface area contributed by atoms with Crippen LogP contribution in [0.4, 0.5) is 0 Å². The molecular weight excluding hydrogens is 234 g/mol. The monoisotopic (exact) mass is 249 g/mol. The summed E-state index contributed by atoms with van der Waals surface area (Å²) in [6.07, 6.45) is 3.65. The summed E-state index contributed by atoms with van der Waals surface area (Å²) >= 11 is 0. The molecule has 0 bridgehead atoms. The molecule has 0 aliphatic rings. The summed E-state index contributed by atoms with van der Waals surface area (Å²) in [6, 6.07) is 0. The summed E-state index contributed by atoms with van der Waals surface area (Å²) < 4.78 is 8.28. The van der Waals surface area contributed by atoms with Crippen molar-refractivity contribution < 1.29 is 9.53 Å². The molecule has 0 N–H and O–H groups in total. The number of ether oxygens (including phenoxy) is 1. The average molecular weight is 249 g/mol. The van der Waals surface area contributed by atoms with E-state index in [2.05, 4.69) is 15.4 Å². The molecule has 0 amide bonds. The predicted molar refractivity (Wildman–Crippen MR) is 63.0 cm³/mol. The first-order valence-corrected chi connectivity index (χ1v) is 5.66. The third-order valence-corrected chi connectivity index (χ3v) is 2.54. The number of esters is 1. The SMILES string of the molecule is CCOC(=O)c1nnn(Cc2cnn(C)c2)c1C. The van der Waals surface area contributed by atoms with Crippen molar-refractivity contribution in [1.82, 2.24) is 24.8 Å². The topological polar surface area (TPSA) is 74.8 Å². The molecule has 0 atom stereocenters. The summed E-state index contributed by atoms with van der Waals surface area (Å²) in [5, 5.41) is 11.9. The zero-order valence-electron chi connectivity index (χ0n) is 10.6. The first-order valence-electron chi connectivity index (χ1n) is 5.66. The summed E-state index contributed by atoms with van der Waals surface area (Å²) in [5.41, 5.74) is 1.96. The van der Waals surface area contributed by atoms with Crippen molar-refractivity contribution in [3.63, 3.8) is 0 Å². The van der Waals surface area contributed by atoms with Gasteiger partial charge in [-0.3, -0.25) is 4.68 Å². The number of carbonyl (C=O) groups is 1. The van der Waals surface area contributed by atoms with Crippen molar-refractivity contribution in [3.8, 4) is 0 Å². The zero-order valence-corrected chi connectivity index (χ0v) is 10.6. The minimum absolute atomic E-state index is 0.265. The average Bonchev–Trinajstić information content (AvgIpc) is 2.88. The molecule has 18 heavy (non-hydrogen) atoms. The Morgan fingerprint density at radius 1 is 1.50 bits per heavy atom. The fraction of sp³-hybridized carbons (Fsp3) is 0.455. The maximum atomic E-state index is 11.6. The largest absolute Gasteiger partial charge is 0.461 e. The summed E-state index contributed by atoms with van der Waals surface area (Å²) in [7, 11) is 1.85. The number of hydrogen-bond acceptors (Lipinski definition) is 5. The lowest BCUT2D eigenvalue weighted by atomic mass is 10.3. The number of rotatable bonds is 4. The second-order valence-electron chi connectivity index (χ2n) is 3.92. The van der Waals surface area contributed by atoms with Gasteiger partial charge in [0.2, 0.25) is 0 Å². The van der Waals surface area contributed by atoms with Crippen molar-refractivity contribution >= 4 is 5.97 Å². The molecular formula is C11H15N5O2. The number of nitrogens with zero attached hydrogens (tertiary/aromatic N) is 5. The number of aryl methyl sites for hydroxylation is 1. The summed E-state index contributed by atoms with van der Waals surface area (Å²) in [6.45, 7) is 4.41. The van der Waals surface area contributed by atoms with Gasteiger partial charge in [0, 0.05) is 18.8 Å². The summed E-state index contributed by atoms with van der Waals surface area (Å²) in [5.74, 6) is -0.438. The minimum atomic E-state index is -0.438. The normalized spacial score (nSPS) is 10.6. The predicted octanol–water partition coefficient (Wildman–Crippen LogP) is 0.545. The highest BCUT2D eigenvalue weighted by Gasteiger charge is 2.17. The van der Waals surface area contributed by atoms with E-state index < -0.39 is 5.97 Å². The molecule has 2 heterocycles. The Morgan fingerprint density at radius 3 is 2.89 bits per heavy atom. The molecule has 2 aromatic rings. The van der Waals surface area contributed by atoms with Gasteiger partial charge in [-0.25, -0.2) is 9.48 Å². The lowest BCUT2D eigenvalue weighted by molar-refractivity contribution is 0.0518. The van der Waals surface area contributed by atoms with Gasteiger partial charge in [-0.15, -0.1) is 5.10 Å². The molecule has 7 heteroatoms. The zero-order chi connectivity index (χ0) is 13.1. The van der Waals surface area contributed by atoms with E-state index in [1.807, 2.05) is 13.2 Å². The Morgan fingerprint density at radius 2 is 2.28 bits per heavy atom. The highest BCUT2D eigenvalue weighted by Crippen LogP contribution is 2.08. The van der Waals surface area contributed by atoms with Gasteiger partial charge in [-0.2, -0.15) is 5.10 Å². The minimum Gasteiger partial charge on any atom is -0.461 e. The second kappa shape index (κ2) is 4.99. The molecule has 0 radical (unpaired) electrons. The quantitative estimate of drug-likeness (QED) is 0.739. The molecule has 7 nitrogen and oxygen atoms in total. The number of aromatic nitrogens is 5. The van der Waals surface area contributed by atoms with Crippen LogP contribution in [0.2, 0.25) is 0 Å². The van der Waals surface area contributed by atoms with Crippen molar-refractivity contribution in [2.75, 3.05) is 6.61 Å². The van der Waals surface area contributed by atoms with Gasteiger partial charge < -0.3 is 4.74 Å². The molecule has 2 rings (SSSR count). The lowest BCUT2D eigenvalue weighted by Gasteiger charge is -2.01. The van der Waals surface area contributed by atoms with Crippen LogP contribution in [-0.2, 0) is 18.3 Å². The molecule has 0 unspecified atom stereocenters. The number of carbonyl (C=O) groups excluding carboxylic acids is 1. The lowest BCUT2D eigenvalue weighted by Crippen LogP contribution is -2.08. The van der Waals surface area contributed by atoms with Crippen molar-refractivity contribution in [1.29, 1.82) is 0 Å².